The first-order chi connectivity index (χ1) is 18.4. The second kappa shape index (κ2) is 14.0. The van der Waals surface area contributed by atoms with Crippen LogP contribution in [0.25, 0.3) is 11.1 Å². The molecule has 1 aliphatic rings. The summed E-state index contributed by atoms with van der Waals surface area (Å²) < 4.78 is 12.2. The minimum absolute atomic E-state index is 0.0175. The number of hydrogen-bond donors (Lipinski definition) is 4. The molecule has 0 fully saturated rings. The van der Waals surface area contributed by atoms with Gasteiger partial charge in [0.1, 0.15) is 23.0 Å². The lowest BCUT2D eigenvalue weighted by molar-refractivity contribution is 0.302. The first kappa shape index (κ1) is 29.2. The van der Waals surface area contributed by atoms with Crippen molar-refractivity contribution < 1.29 is 29.9 Å². The van der Waals surface area contributed by atoms with Crippen LogP contribution in [0.5, 0.6) is 11.5 Å². The Labute approximate surface area is 226 Å². The number of benzene rings is 2. The van der Waals surface area contributed by atoms with Crippen LogP contribution in [0.2, 0.25) is 0 Å². The Kier molecular flexibility index (Phi) is 10.7. The van der Waals surface area contributed by atoms with Crippen molar-refractivity contribution in [1.82, 2.24) is 0 Å². The number of likely N-dealkylation sites (N-methyl/N-ethyl adjacent to an activating group) is 2. The Hall–Kier alpha value is -3.36. The van der Waals surface area contributed by atoms with Gasteiger partial charge in [-0.05, 0) is 37.1 Å². The van der Waals surface area contributed by atoms with Crippen LogP contribution >= 0.6 is 0 Å². The number of ether oxygens (including phenoxy) is 2. The number of rotatable bonds is 16. The molecule has 0 spiro atoms. The zero-order chi connectivity index (χ0) is 27.7. The number of nitrogens with zero attached hydrogens (tertiary/aromatic N) is 2. The minimum atomic E-state index is -0.0175. The van der Waals surface area contributed by atoms with E-state index in [1.807, 2.05) is 60.3 Å². The molecule has 0 atom stereocenters. The van der Waals surface area contributed by atoms with Crippen molar-refractivity contribution in [3.63, 3.8) is 0 Å². The lowest BCUT2D eigenvalue weighted by Gasteiger charge is -2.28. The molecule has 2 aromatic rings. The van der Waals surface area contributed by atoms with Gasteiger partial charge in [0.05, 0.1) is 37.6 Å². The van der Waals surface area contributed by atoms with Crippen LogP contribution in [0.1, 0.15) is 50.7 Å². The Bertz CT molecular complexity index is 1040. The molecule has 4 N–H and O–H groups in total. The highest BCUT2D eigenvalue weighted by Crippen LogP contribution is 2.49. The van der Waals surface area contributed by atoms with Gasteiger partial charge in [0.15, 0.2) is 0 Å². The van der Waals surface area contributed by atoms with Crippen molar-refractivity contribution in [2.45, 2.75) is 39.5 Å². The Balaban J connectivity index is 1.99. The van der Waals surface area contributed by atoms with Gasteiger partial charge in [-0.1, -0.05) is 26.7 Å². The maximum atomic E-state index is 11.2. The van der Waals surface area contributed by atoms with Crippen molar-refractivity contribution in [3.05, 3.63) is 59.0 Å². The summed E-state index contributed by atoms with van der Waals surface area (Å²) in [5.74, 6) is 1.09. The van der Waals surface area contributed by atoms with Gasteiger partial charge in [-0.25, -0.2) is 0 Å². The molecule has 8 nitrogen and oxygen atoms in total. The molecule has 0 bridgehead atoms. The topological polar surface area (TPSA) is 106 Å². The average molecular weight is 527 g/mol. The van der Waals surface area contributed by atoms with Crippen molar-refractivity contribution in [2.24, 2.45) is 0 Å². The predicted octanol–water partition coefficient (Wildman–Crippen LogP) is 5.15. The summed E-state index contributed by atoms with van der Waals surface area (Å²) in [4.78, 5) is 3.84. The van der Waals surface area contributed by atoms with Crippen molar-refractivity contribution >= 4 is 22.5 Å². The van der Waals surface area contributed by atoms with E-state index in [0.717, 1.165) is 37.1 Å². The molecule has 0 amide bonds. The Morgan fingerprint density at radius 2 is 1.05 bits per heavy atom. The van der Waals surface area contributed by atoms with Crippen LogP contribution in [-0.2, 0) is 0 Å². The molecule has 1 aliphatic carbocycles. The van der Waals surface area contributed by atoms with E-state index in [-0.39, 0.29) is 24.7 Å². The van der Waals surface area contributed by atoms with Gasteiger partial charge in [0.2, 0.25) is 0 Å². The number of unbranched alkanes of at least 4 members (excludes halogenated alkanes) is 2. The van der Waals surface area contributed by atoms with E-state index < -0.39 is 0 Å². The highest BCUT2D eigenvalue weighted by atomic mass is 16.5. The Morgan fingerprint density at radius 3 is 1.39 bits per heavy atom. The molecule has 0 saturated carbocycles. The molecular weight excluding hydrogens is 484 g/mol. The third-order valence-corrected chi connectivity index (χ3v) is 6.68. The first-order valence-electron chi connectivity index (χ1n) is 13.4. The maximum absolute atomic E-state index is 11.2. The molecule has 0 aromatic heterocycles. The van der Waals surface area contributed by atoms with E-state index in [1.165, 1.54) is 0 Å². The van der Waals surface area contributed by atoms with Crippen LogP contribution in [0.4, 0.5) is 11.4 Å². The number of allylic oxidation sites excluding steroid dienone is 2. The van der Waals surface area contributed by atoms with Crippen LogP contribution in [0.3, 0.4) is 0 Å². The molecule has 208 valence electrons. The third kappa shape index (κ3) is 6.55. The molecule has 3 rings (SSSR count). The van der Waals surface area contributed by atoms with Gasteiger partial charge in [0.25, 0.3) is 0 Å². The van der Waals surface area contributed by atoms with Gasteiger partial charge in [-0.15, -0.1) is 0 Å². The quantitative estimate of drug-likeness (QED) is 0.223. The second-order valence-electron chi connectivity index (χ2n) is 9.50. The monoisotopic (exact) mass is 526 g/mol. The fourth-order valence-electron chi connectivity index (χ4n) is 4.28. The smallest absolute Gasteiger partial charge is 0.139 e. The summed E-state index contributed by atoms with van der Waals surface area (Å²) in [5, 5.41) is 41.1. The summed E-state index contributed by atoms with van der Waals surface area (Å²) in [7, 11) is 3.77. The summed E-state index contributed by atoms with van der Waals surface area (Å²) in [6, 6.07) is 11.2. The highest BCUT2D eigenvalue weighted by molar-refractivity contribution is 6.08. The van der Waals surface area contributed by atoms with E-state index >= 15 is 0 Å². The summed E-state index contributed by atoms with van der Waals surface area (Å²) in [6.07, 6.45) is 3.72. The van der Waals surface area contributed by atoms with Crippen molar-refractivity contribution in [3.8, 4) is 11.5 Å². The van der Waals surface area contributed by atoms with E-state index in [2.05, 4.69) is 13.8 Å². The van der Waals surface area contributed by atoms with E-state index in [0.29, 0.717) is 60.1 Å². The molecule has 0 radical (unpaired) electrons. The molecule has 0 aliphatic heterocycles. The van der Waals surface area contributed by atoms with Crippen molar-refractivity contribution in [1.29, 1.82) is 0 Å². The SMILES string of the molecule is CCCCOc1cc(N(C)CCO)ccc1C1=C(O)C(c2ccc(N(C)CCO)cc2OCCCC)=C1O. The predicted molar refractivity (Wildman–Crippen MR) is 153 cm³/mol. The normalized spacial score (nSPS) is 13.0. The Morgan fingerprint density at radius 1 is 0.658 bits per heavy atom. The zero-order valence-electron chi connectivity index (χ0n) is 23.0. The number of aliphatic hydroxyl groups excluding tert-OH is 4. The van der Waals surface area contributed by atoms with Crippen LogP contribution in [0, 0.1) is 0 Å². The summed E-state index contributed by atoms with van der Waals surface area (Å²) in [6.45, 7) is 6.21. The van der Waals surface area contributed by atoms with Gasteiger partial charge in [-0.2, -0.15) is 0 Å². The number of hydrogen-bond acceptors (Lipinski definition) is 8. The van der Waals surface area contributed by atoms with E-state index in [9.17, 15) is 20.4 Å². The van der Waals surface area contributed by atoms with Crippen LogP contribution in [-0.4, -0.2) is 74.0 Å². The minimum Gasteiger partial charge on any atom is -0.506 e. The fourth-order valence-corrected chi connectivity index (χ4v) is 4.28. The first-order valence-corrected chi connectivity index (χ1v) is 13.4. The number of anilines is 2. The lowest BCUT2D eigenvalue weighted by atomic mass is 9.83. The summed E-state index contributed by atoms with van der Waals surface area (Å²) >= 11 is 0. The molecule has 38 heavy (non-hydrogen) atoms. The van der Waals surface area contributed by atoms with E-state index in [4.69, 9.17) is 9.47 Å². The highest BCUT2D eigenvalue weighted by Gasteiger charge is 2.35. The largest absolute Gasteiger partial charge is 0.506 e. The second-order valence-corrected chi connectivity index (χ2v) is 9.50. The lowest BCUT2D eigenvalue weighted by Crippen LogP contribution is -2.21. The maximum Gasteiger partial charge on any atom is 0.139 e. The molecule has 2 aromatic carbocycles. The van der Waals surface area contributed by atoms with Crippen LogP contribution in [0.15, 0.2) is 47.9 Å². The molecule has 0 unspecified atom stereocenters. The fraction of sp³-hybridized carbons (Fsp3) is 0.467. The number of aliphatic hydroxyl groups is 4. The standard InChI is InChI=1S/C30H42N2O6/c1-5-7-17-37-25-19-21(31(3)13-15-33)9-11-23(25)27-29(35)28(30(27)36)24-12-10-22(32(4)14-16-34)20-26(24)38-18-8-6-2/h9-12,19-20,33-36H,5-8,13-18H2,1-4H3. The van der Waals surface area contributed by atoms with Gasteiger partial charge < -0.3 is 39.7 Å². The third-order valence-electron chi connectivity index (χ3n) is 6.68. The molecular formula is C30H42N2O6. The van der Waals surface area contributed by atoms with Crippen LogP contribution < -0.4 is 19.3 Å². The van der Waals surface area contributed by atoms with Gasteiger partial charge >= 0.3 is 0 Å². The van der Waals surface area contributed by atoms with Gasteiger partial charge in [0, 0.05) is 61.8 Å². The molecule has 8 heteroatoms. The molecule has 0 heterocycles. The van der Waals surface area contributed by atoms with Crippen molar-refractivity contribution in [2.75, 3.05) is 63.4 Å². The molecule has 0 saturated heterocycles. The van der Waals surface area contributed by atoms with Gasteiger partial charge in [-0.3, -0.25) is 0 Å². The zero-order valence-corrected chi connectivity index (χ0v) is 23.0. The van der Waals surface area contributed by atoms with E-state index in [1.54, 1.807) is 0 Å². The summed E-state index contributed by atoms with van der Waals surface area (Å²) in [5.41, 5.74) is 3.62. The average Bonchev–Trinajstić information content (AvgIpc) is 2.91.